The summed E-state index contributed by atoms with van der Waals surface area (Å²) in [7, 11) is 0. The molecule has 0 aliphatic rings. The zero-order chi connectivity index (χ0) is 17.8. The average Bonchev–Trinajstić information content (AvgIpc) is 2.64. The number of nitrogens with zero attached hydrogens (tertiary/aromatic N) is 4. The van der Waals surface area contributed by atoms with Crippen LogP contribution in [0.3, 0.4) is 0 Å². The minimum absolute atomic E-state index is 0.346. The van der Waals surface area contributed by atoms with Gasteiger partial charge in [0.2, 0.25) is 0 Å². The number of alkyl halides is 2. The van der Waals surface area contributed by atoms with Crippen LogP contribution in [0.25, 0.3) is 10.9 Å². The predicted molar refractivity (Wildman–Crippen MR) is 95.6 cm³/mol. The zero-order valence-electron chi connectivity index (χ0n) is 14.1. The van der Waals surface area contributed by atoms with Crippen molar-refractivity contribution in [2.24, 2.45) is 0 Å². The van der Waals surface area contributed by atoms with Gasteiger partial charge in [-0.2, -0.15) is 0 Å². The van der Waals surface area contributed by atoms with Crippen LogP contribution >= 0.6 is 0 Å². The van der Waals surface area contributed by atoms with Crippen LogP contribution in [0.5, 0.6) is 0 Å². The molecular formula is C18H19F2N5. The molecule has 0 amide bonds. The van der Waals surface area contributed by atoms with Crippen molar-refractivity contribution in [1.82, 2.24) is 15.0 Å². The highest BCUT2D eigenvalue weighted by Gasteiger charge is 2.15. The molecule has 130 valence electrons. The second-order valence-corrected chi connectivity index (χ2v) is 5.45. The van der Waals surface area contributed by atoms with Crippen molar-refractivity contribution < 1.29 is 8.78 Å². The highest BCUT2D eigenvalue weighted by molar-refractivity contribution is 5.90. The van der Waals surface area contributed by atoms with Gasteiger partial charge in [-0.1, -0.05) is 12.1 Å². The molecular weight excluding hydrogens is 324 g/mol. The standard InChI is InChI=1S/C18H19F2N5/c1-3-25(4-2)15-10-9-12(11-21-15)22-17-13-7-5-6-8-14(13)23-18(24-17)16(19)20/h5-11,16H,3-4H2,1-2H3,(H,22,23,24). The van der Waals surface area contributed by atoms with E-state index in [1.54, 1.807) is 24.4 Å². The molecule has 7 heteroatoms. The molecule has 0 saturated carbocycles. The predicted octanol–water partition coefficient (Wildman–Crippen LogP) is 4.55. The summed E-state index contributed by atoms with van der Waals surface area (Å²) in [5, 5.41) is 3.76. The topological polar surface area (TPSA) is 53.9 Å². The van der Waals surface area contributed by atoms with Gasteiger partial charge in [0.05, 0.1) is 17.4 Å². The Kier molecular flexibility index (Phi) is 5.02. The lowest BCUT2D eigenvalue weighted by molar-refractivity contribution is 0.141. The Morgan fingerprint density at radius 1 is 1.04 bits per heavy atom. The third kappa shape index (κ3) is 3.65. The number of pyridine rings is 1. The second-order valence-electron chi connectivity index (χ2n) is 5.45. The Morgan fingerprint density at radius 2 is 1.80 bits per heavy atom. The summed E-state index contributed by atoms with van der Waals surface area (Å²) in [6.45, 7) is 5.86. The fraction of sp³-hybridized carbons (Fsp3) is 0.278. The molecule has 0 atom stereocenters. The van der Waals surface area contributed by atoms with Crippen LogP contribution in [-0.2, 0) is 0 Å². The average molecular weight is 343 g/mol. The summed E-state index contributed by atoms with van der Waals surface area (Å²) in [6.07, 6.45) is -1.06. The van der Waals surface area contributed by atoms with E-state index in [2.05, 4.69) is 39.0 Å². The third-order valence-electron chi connectivity index (χ3n) is 3.91. The molecule has 0 unspecified atom stereocenters. The van der Waals surface area contributed by atoms with E-state index in [0.29, 0.717) is 22.4 Å². The minimum Gasteiger partial charge on any atom is -0.357 e. The molecule has 0 spiro atoms. The van der Waals surface area contributed by atoms with Crippen molar-refractivity contribution in [1.29, 1.82) is 0 Å². The van der Waals surface area contributed by atoms with Crippen molar-refractivity contribution in [3.8, 4) is 0 Å². The molecule has 1 N–H and O–H groups in total. The largest absolute Gasteiger partial charge is 0.357 e. The first-order valence-corrected chi connectivity index (χ1v) is 8.15. The number of anilines is 3. The number of hydrogen-bond donors (Lipinski definition) is 1. The fourth-order valence-corrected chi connectivity index (χ4v) is 2.62. The quantitative estimate of drug-likeness (QED) is 0.711. The number of benzene rings is 1. The Hall–Kier alpha value is -2.83. The number of halogens is 2. The lowest BCUT2D eigenvalue weighted by atomic mass is 10.2. The Labute approximate surface area is 144 Å². The van der Waals surface area contributed by atoms with Gasteiger partial charge >= 0.3 is 0 Å². The highest BCUT2D eigenvalue weighted by atomic mass is 19.3. The molecule has 3 aromatic rings. The number of fused-ring (bicyclic) bond motifs is 1. The first kappa shape index (κ1) is 17.0. The SMILES string of the molecule is CCN(CC)c1ccc(Nc2nc(C(F)F)nc3ccccc23)cn1. The lowest BCUT2D eigenvalue weighted by Crippen LogP contribution is -2.22. The maximum Gasteiger partial charge on any atom is 0.297 e. The summed E-state index contributed by atoms with van der Waals surface area (Å²) in [6, 6.07) is 10.8. The zero-order valence-corrected chi connectivity index (χ0v) is 14.1. The summed E-state index contributed by atoms with van der Waals surface area (Å²) >= 11 is 0. The van der Waals surface area contributed by atoms with Crippen LogP contribution in [-0.4, -0.2) is 28.0 Å². The molecule has 5 nitrogen and oxygen atoms in total. The summed E-state index contributed by atoms with van der Waals surface area (Å²) in [5.41, 5.74) is 1.16. The Balaban J connectivity index is 1.94. The van der Waals surface area contributed by atoms with E-state index >= 15 is 0 Å². The van der Waals surface area contributed by atoms with Crippen LogP contribution in [0.4, 0.5) is 26.1 Å². The van der Waals surface area contributed by atoms with Crippen LogP contribution < -0.4 is 10.2 Å². The van der Waals surface area contributed by atoms with Gasteiger partial charge in [0.15, 0.2) is 5.82 Å². The summed E-state index contributed by atoms with van der Waals surface area (Å²) < 4.78 is 26.1. The van der Waals surface area contributed by atoms with E-state index in [1.165, 1.54) is 0 Å². The van der Waals surface area contributed by atoms with Crippen LogP contribution in [0.1, 0.15) is 26.1 Å². The van der Waals surface area contributed by atoms with Gasteiger partial charge < -0.3 is 10.2 Å². The van der Waals surface area contributed by atoms with Crippen molar-refractivity contribution >= 4 is 28.2 Å². The maximum atomic E-state index is 13.1. The lowest BCUT2D eigenvalue weighted by Gasteiger charge is -2.19. The summed E-state index contributed by atoms with van der Waals surface area (Å²) in [4.78, 5) is 14.4. The third-order valence-corrected chi connectivity index (χ3v) is 3.91. The molecule has 0 aliphatic carbocycles. The van der Waals surface area contributed by atoms with Gasteiger partial charge in [0.1, 0.15) is 11.6 Å². The molecule has 1 aromatic carbocycles. The number of rotatable bonds is 6. The van der Waals surface area contributed by atoms with E-state index in [1.807, 2.05) is 18.2 Å². The van der Waals surface area contributed by atoms with E-state index in [4.69, 9.17) is 0 Å². The molecule has 25 heavy (non-hydrogen) atoms. The number of nitrogens with one attached hydrogen (secondary N) is 1. The number of para-hydroxylation sites is 1. The second kappa shape index (κ2) is 7.38. The van der Waals surface area contributed by atoms with Crippen molar-refractivity contribution in [3.05, 3.63) is 48.4 Å². The van der Waals surface area contributed by atoms with Gasteiger partial charge in [0.25, 0.3) is 6.43 Å². The number of hydrogen-bond acceptors (Lipinski definition) is 5. The molecule has 2 aromatic heterocycles. The molecule has 0 bridgehead atoms. The fourth-order valence-electron chi connectivity index (χ4n) is 2.62. The molecule has 2 heterocycles. The molecule has 0 radical (unpaired) electrons. The van der Waals surface area contributed by atoms with Crippen molar-refractivity contribution in [3.63, 3.8) is 0 Å². The summed E-state index contributed by atoms with van der Waals surface area (Å²) in [5.74, 6) is 0.726. The van der Waals surface area contributed by atoms with Gasteiger partial charge in [0, 0.05) is 18.5 Å². The van der Waals surface area contributed by atoms with Gasteiger partial charge in [-0.3, -0.25) is 0 Å². The van der Waals surface area contributed by atoms with E-state index in [9.17, 15) is 8.78 Å². The van der Waals surface area contributed by atoms with Crippen LogP contribution in [0.15, 0.2) is 42.6 Å². The highest BCUT2D eigenvalue weighted by Crippen LogP contribution is 2.27. The normalized spacial score (nSPS) is 11.1. The minimum atomic E-state index is -2.73. The first-order valence-electron chi connectivity index (χ1n) is 8.15. The van der Waals surface area contributed by atoms with Gasteiger partial charge in [-0.05, 0) is 38.1 Å². The Bertz CT molecular complexity index is 848. The van der Waals surface area contributed by atoms with E-state index in [0.717, 1.165) is 18.9 Å². The first-order chi connectivity index (χ1) is 12.1. The number of aromatic nitrogens is 3. The molecule has 3 rings (SSSR count). The monoisotopic (exact) mass is 343 g/mol. The smallest absolute Gasteiger partial charge is 0.297 e. The molecule has 0 aliphatic heterocycles. The Morgan fingerprint density at radius 3 is 2.44 bits per heavy atom. The van der Waals surface area contributed by atoms with Crippen LogP contribution in [0.2, 0.25) is 0 Å². The van der Waals surface area contributed by atoms with E-state index in [-0.39, 0.29) is 0 Å². The molecule has 0 saturated heterocycles. The van der Waals surface area contributed by atoms with Crippen LogP contribution in [0, 0.1) is 0 Å². The van der Waals surface area contributed by atoms with E-state index < -0.39 is 12.2 Å². The van der Waals surface area contributed by atoms with Gasteiger partial charge in [-0.15, -0.1) is 0 Å². The van der Waals surface area contributed by atoms with Gasteiger partial charge in [-0.25, -0.2) is 23.7 Å². The van der Waals surface area contributed by atoms with Crippen molar-refractivity contribution in [2.75, 3.05) is 23.3 Å². The van der Waals surface area contributed by atoms with Crippen molar-refractivity contribution in [2.45, 2.75) is 20.3 Å². The maximum absolute atomic E-state index is 13.1. The molecule has 0 fully saturated rings.